The van der Waals surface area contributed by atoms with Crippen LogP contribution in [-0.2, 0) is 12.6 Å². The van der Waals surface area contributed by atoms with Gasteiger partial charge in [0.2, 0.25) is 0 Å². The number of rotatable bonds is 4. The van der Waals surface area contributed by atoms with Crippen molar-refractivity contribution in [1.29, 1.82) is 0 Å². The normalized spacial score (nSPS) is 15.4. The van der Waals surface area contributed by atoms with Crippen molar-refractivity contribution >= 4 is 22.8 Å². The van der Waals surface area contributed by atoms with E-state index in [-0.39, 0.29) is 0 Å². The van der Waals surface area contributed by atoms with Gasteiger partial charge < -0.3 is 5.32 Å². The zero-order valence-electron chi connectivity index (χ0n) is 12.8. The summed E-state index contributed by atoms with van der Waals surface area (Å²) in [5.74, 6) is 0. The number of hydrogen-bond acceptors (Lipinski definition) is 4. The van der Waals surface area contributed by atoms with Gasteiger partial charge in [-0.3, -0.25) is 0 Å². The molecule has 0 spiro atoms. The number of hydrogen-bond donors (Lipinski definition) is 1. The van der Waals surface area contributed by atoms with E-state index in [1.165, 1.54) is 29.6 Å². The lowest BCUT2D eigenvalue weighted by Crippen LogP contribution is -2.17. The Bertz CT molecular complexity index is 699. The first-order valence-electron chi connectivity index (χ1n) is 7.46. The predicted octanol–water partition coefficient (Wildman–Crippen LogP) is 4.64. The molecule has 0 fully saturated rings. The molecule has 1 aliphatic rings. The molecule has 2 aromatic rings. The third-order valence-corrected chi connectivity index (χ3v) is 4.50. The van der Waals surface area contributed by atoms with Crippen molar-refractivity contribution in [1.82, 2.24) is 4.31 Å². The van der Waals surface area contributed by atoms with Crippen LogP contribution in [0.1, 0.15) is 11.1 Å². The molecule has 1 aliphatic heterocycles. The maximum absolute atomic E-state index is 12.5. The van der Waals surface area contributed by atoms with Crippen molar-refractivity contribution < 1.29 is 13.2 Å². The van der Waals surface area contributed by atoms with Crippen LogP contribution in [0.5, 0.6) is 0 Å². The van der Waals surface area contributed by atoms with Crippen LogP contribution in [0.15, 0.2) is 59.6 Å². The van der Waals surface area contributed by atoms with Crippen LogP contribution in [0, 0.1) is 0 Å². The summed E-state index contributed by atoms with van der Waals surface area (Å²) in [7, 11) is 0. The van der Waals surface area contributed by atoms with Crippen molar-refractivity contribution in [2.45, 2.75) is 12.6 Å². The Hall–Kier alpha value is -1.99. The van der Waals surface area contributed by atoms with Crippen LogP contribution in [0.4, 0.5) is 18.9 Å². The molecular formula is C17H16F3N3S. The molecule has 0 saturated carbocycles. The zero-order valence-corrected chi connectivity index (χ0v) is 13.6. The molecule has 0 unspecified atom stereocenters. The molecule has 126 valence electrons. The maximum Gasteiger partial charge on any atom is 0.416 e. The van der Waals surface area contributed by atoms with E-state index < -0.39 is 11.7 Å². The second-order valence-corrected chi connectivity index (χ2v) is 6.42. The molecule has 24 heavy (non-hydrogen) atoms. The fourth-order valence-corrected chi connectivity index (χ4v) is 3.09. The average Bonchev–Trinajstić information content (AvgIpc) is 3.01. The molecule has 1 N–H and O–H groups in total. The molecule has 7 heteroatoms. The molecule has 3 rings (SSSR count). The lowest BCUT2D eigenvalue weighted by atomic mass is 10.1. The molecule has 0 amide bonds. The maximum atomic E-state index is 12.5. The Balaban J connectivity index is 1.49. The molecule has 2 aromatic carbocycles. The first kappa shape index (κ1) is 16.9. The van der Waals surface area contributed by atoms with Gasteiger partial charge >= 0.3 is 6.18 Å². The Kier molecular flexibility index (Phi) is 5.11. The van der Waals surface area contributed by atoms with E-state index >= 15 is 0 Å². The highest BCUT2D eigenvalue weighted by Crippen LogP contribution is 2.30. The summed E-state index contributed by atoms with van der Waals surface area (Å²) in [5, 5.41) is 3.75. The largest absolute Gasteiger partial charge is 0.416 e. The lowest BCUT2D eigenvalue weighted by molar-refractivity contribution is -0.137. The molecule has 0 aromatic heterocycles. The zero-order chi connectivity index (χ0) is 17.0. The molecule has 0 atom stereocenters. The third kappa shape index (κ3) is 4.52. The van der Waals surface area contributed by atoms with Crippen LogP contribution in [-0.4, -0.2) is 22.7 Å². The standard InChI is InChI=1S/C17H16F3N3S/c18-17(19,20)14-6-8-15(9-7-14)22-16-21-12-23(24-16)11-10-13-4-2-1-3-5-13/h1-9H,10-12H2,(H,21,22). The highest BCUT2D eigenvalue weighted by molar-refractivity contribution is 8.12. The van der Waals surface area contributed by atoms with Gasteiger partial charge in [0, 0.05) is 12.2 Å². The molecule has 0 saturated heterocycles. The monoisotopic (exact) mass is 351 g/mol. The van der Waals surface area contributed by atoms with Crippen molar-refractivity contribution in [2.24, 2.45) is 4.99 Å². The Morgan fingerprint density at radius 2 is 1.75 bits per heavy atom. The number of nitrogens with one attached hydrogen (secondary N) is 1. The first-order valence-corrected chi connectivity index (χ1v) is 8.23. The number of benzene rings is 2. The van der Waals surface area contributed by atoms with Crippen LogP contribution in [0.3, 0.4) is 0 Å². The van der Waals surface area contributed by atoms with Gasteiger partial charge in [-0.15, -0.1) is 0 Å². The van der Waals surface area contributed by atoms with Crippen molar-refractivity contribution in [3.05, 3.63) is 65.7 Å². The number of halogens is 3. The summed E-state index contributed by atoms with van der Waals surface area (Å²) in [6.45, 7) is 1.43. The van der Waals surface area contributed by atoms with Crippen molar-refractivity contribution in [3.8, 4) is 0 Å². The Labute approximate surface area is 142 Å². The average molecular weight is 351 g/mol. The summed E-state index contributed by atoms with van der Waals surface area (Å²) in [4.78, 5) is 4.37. The molecule has 1 heterocycles. The van der Waals surface area contributed by atoms with Crippen LogP contribution >= 0.6 is 11.9 Å². The van der Waals surface area contributed by atoms with Gasteiger partial charge in [-0.25, -0.2) is 9.30 Å². The lowest BCUT2D eigenvalue weighted by Gasteiger charge is -2.13. The molecule has 3 nitrogen and oxygen atoms in total. The molecule has 0 radical (unpaired) electrons. The summed E-state index contributed by atoms with van der Waals surface area (Å²) < 4.78 is 39.7. The van der Waals surface area contributed by atoms with Gasteiger partial charge in [-0.05, 0) is 48.2 Å². The highest BCUT2D eigenvalue weighted by atomic mass is 32.2. The van der Waals surface area contributed by atoms with Gasteiger partial charge in [0.1, 0.15) is 6.67 Å². The minimum atomic E-state index is -4.31. The van der Waals surface area contributed by atoms with Gasteiger partial charge in [0.05, 0.1) is 5.56 Å². The van der Waals surface area contributed by atoms with E-state index in [2.05, 4.69) is 26.7 Å². The fourth-order valence-electron chi connectivity index (χ4n) is 2.27. The Morgan fingerprint density at radius 3 is 2.42 bits per heavy atom. The van der Waals surface area contributed by atoms with Gasteiger partial charge in [-0.2, -0.15) is 13.2 Å². The quantitative estimate of drug-likeness (QED) is 0.814. The van der Waals surface area contributed by atoms with E-state index in [4.69, 9.17) is 0 Å². The molecule has 0 bridgehead atoms. The molecule has 0 aliphatic carbocycles. The smallest absolute Gasteiger partial charge is 0.334 e. The van der Waals surface area contributed by atoms with E-state index in [1.54, 1.807) is 0 Å². The number of amidine groups is 1. The van der Waals surface area contributed by atoms with E-state index in [0.29, 0.717) is 17.5 Å². The van der Waals surface area contributed by atoms with Crippen LogP contribution in [0.25, 0.3) is 0 Å². The number of alkyl halides is 3. The van der Waals surface area contributed by atoms with Crippen molar-refractivity contribution in [2.75, 3.05) is 18.5 Å². The number of aliphatic imine (C=N–C) groups is 1. The van der Waals surface area contributed by atoms with E-state index in [1.807, 2.05) is 18.2 Å². The number of anilines is 1. The van der Waals surface area contributed by atoms with Gasteiger partial charge in [-0.1, -0.05) is 30.3 Å². The number of nitrogens with zero attached hydrogens (tertiary/aromatic N) is 2. The summed E-state index contributed by atoms with van der Waals surface area (Å²) in [6, 6.07) is 15.2. The van der Waals surface area contributed by atoms with Crippen molar-refractivity contribution in [3.63, 3.8) is 0 Å². The Morgan fingerprint density at radius 1 is 1.04 bits per heavy atom. The van der Waals surface area contributed by atoms with Crippen LogP contribution in [0.2, 0.25) is 0 Å². The third-order valence-electron chi connectivity index (χ3n) is 3.54. The van der Waals surface area contributed by atoms with E-state index in [0.717, 1.165) is 25.1 Å². The van der Waals surface area contributed by atoms with Gasteiger partial charge in [0.15, 0.2) is 5.17 Å². The van der Waals surface area contributed by atoms with E-state index in [9.17, 15) is 13.2 Å². The SMILES string of the molecule is FC(F)(F)c1ccc(NC2=NCN(CCc3ccccc3)S2)cc1. The summed E-state index contributed by atoms with van der Waals surface area (Å²) in [5.41, 5.74) is 1.21. The molecular weight excluding hydrogens is 335 g/mol. The summed E-state index contributed by atoms with van der Waals surface area (Å²) >= 11 is 1.48. The minimum Gasteiger partial charge on any atom is -0.334 e. The van der Waals surface area contributed by atoms with Crippen LogP contribution < -0.4 is 5.32 Å². The minimum absolute atomic E-state index is 0.570. The second-order valence-electron chi connectivity index (χ2n) is 5.34. The highest BCUT2D eigenvalue weighted by Gasteiger charge is 2.30. The first-order chi connectivity index (χ1) is 11.5. The fraction of sp³-hybridized carbons (Fsp3) is 0.235. The predicted molar refractivity (Wildman–Crippen MR) is 91.8 cm³/mol. The van der Waals surface area contributed by atoms with Gasteiger partial charge in [0.25, 0.3) is 0 Å². The summed E-state index contributed by atoms with van der Waals surface area (Å²) in [6.07, 6.45) is -3.39. The second kappa shape index (κ2) is 7.27. The topological polar surface area (TPSA) is 27.6 Å².